The Morgan fingerprint density at radius 1 is 1.38 bits per heavy atom. The van der Waals surface area contributed by atoms with Crippen LogP contribution < -0.4 is 10.6 Å². The summed E-state index contributed by atoms with van der Waals surface area (Å²) in [4.78, 5) is 25.1. The van der Waals surface area contributed by atoms with Crippen molar-refractivity contribution < 1.29 is 14.7 Å². The molecule has 0 aliphatic carbocycles. The minimum Gasteiger partial charge on any atom is -0.390 e. The fourth-order valence-corrected chi connectivity index (χ4v) is 2.27. The van der Waals surface area contributed by atoms with E-state index < -0.39 is 17.9 Å². The first-order chi connectivity index (χ1) is 9.79. The van der Waals surface area contributed by atoms with Crippen LogP contribution in [0.5, 0.6) is 0 Å². The number of anilines is 1. The van der Waals surface area contributed by atoms with Crippen molar-refractivity contribution in [2.75, 3.05) is 32.5 Å². The molecule has 1 unspecified atom stereocenters. The number of carbonyl (C=O) groups excluding carboxylic acids is 2. The Bertz CT molecular complexity index is 525. The summed E-state index contributed by atoms with van der Waals surface area (Å²) in [6.45, 7) is 0.388. The maximum Gasteiger partial charge on any atom is 0.313 e. The maximum absolute atomic E-state index is 11.7. The zero-order chi connectivity index (χ0) is 16.0. The van der Waals surface area contributed by atoms with E-state index in [1.54, 1.807) is 37.2 Å². The highest BCUT2D eigenvalue weighted by atomic mass is 79.9. The van der Waals surface area contributed by atoms with Crippen LogP contribution in [0.2, 0.25) is 5.02 Å². The lowest BCUT2D eigenvalue weighted by molar-refractivity contribution is -0.136. The second-order valence-corrected chi connectivity index (χ2v) is 6.03. The molecule has 0 aliphatic rings. The summed E-state index contributed by atoms with van der Waals surface area (Å²) in [6.07, 6.45) is -0.743. The van der Waals surface area contributed by atoms with E-state index in [0.29, 0.717) is 17.3 Å². The van der Waals surface area contributed by atoms with Crippen molar-refractivity contribution in [3.8, 4) is 0 Å². The molecule has 0 saturated heterocycles. The van der Waals surface area contributed by atoms with E-state index in [0.717, 1.165) is 4.47 Å². The van der Waals surface area contributed by atoms with Crippen LogP contribution in [-0.2, 0) is 9.59 Å². The van der Waals surface area contributed by atoms with Crippen molar-refractivity contribution >= 4 is 45.0 Å². The molecule has 1 atom stereocenters. The number of benzene rings is 1. The highest BCUT2D eigenvalue weighted by Gasteiger charge is 2.16. The third-order valence-electron chi connectivity index (χ3n) is 2.46. The number of aliphatic hydroxyl groups excluding tert-OH is 1. The molecule has 6 nitrogen and oxygen atoms in total. The number of likely N-dealkylation sites (N-methyl/N-ethyl adjacent to an activating group) is 1. The van der Waals surface area contributed by atoms with Crippen molar-refractivity contribution in [2.45, 2.75) is 6.10 Å². The van der Waals surface area contributed by atoms with Gasteiger partial charge in [0.05, 0.1) is 16.8 Å². The number of hydrogen-bond donors (Lipinski definition) is 3. The van der Waals surface area contributed by atoms with Crippen LogP contribution in [0.4, 0.5) is 5.69 Å². The summed E-state index contributed by atoms with van der Waals surface area (Å²) in [5.41, 5.74) is 0.342. The number of hydrogen-bond acceptors (Lipinski definition) is 4. The molecule has 0 fully saturated rings. The molecule has 0 saturated carbocycles. The van der Waals surface area contributed by atoms with Gasteiger partial charge in [-0.15, -0.1) is 0 Å². The van der Waals surface area contributed by atoms with E-state index in [1.165, 1.54) is 0 Å². The molecule has 1 aromatic rings. The molecule has 1 rings (SSSR count). The van der Waals surface area contributed by atoms with E-state index in [9.17, 15) is 14.7 Å². The molecule has 0 spiro atoms. The largest absolute Gasteiger partial charge is 0.390 e. The smallest absolute Gasteiger partial charge is 0.313 e. The van der Waals surface area contributed by atoms with Crippen LogP contribution in [0, 0.1) is 0 Å². The van der Waals surface area contributed by atoms with E-state index in [2.05, 4.69) is 26.6 Å². The fourth-order valence-electron chi connectivity index (χ4n) is 1.55. The number of rotatable bonds is 5. The number of halogens is 2. The zero-order valence-corrected chi connectivity index (χ0v) is 14.0. The maximum atomic E-state index is 11.7. The van der Waals surface area contributed by atoms with E-state index >= 15 is 0 Å². The first-order valence-electron chi connectivity index (χ1n) is 6.16. The van der Waals surface area contributed by atoms with Gasteiger partial charge in [0.25, 0.3) is 0 Å². The Labute approximate surface area is 136 Å². The molecule has 2 amide bonds. The number of nitrogens with one attached hydrogen (secondary N) is 2. The molecule has 3 N–H and O–H groups in total. The Morgan fingerprint density at radius 2 is 2.05 bits per heavy atom. The molecule has 1 aromatic carbocycles. The molecule has 116 valence electrons. The van der Waals surface area contributed by atoms with Crippen LogP contribution in [-0.4, -0.2) is 55.1 Å². The third-order valence-corrected chi connectivity index (χ3v) is 3.27. The first-order valence-corrected chi connectivity index (χ1v) is 7.33. The number of nitrogens with zero attached hydrogens (tertiary/aromatic N) is 1. The SMILES string of the molecule is CN(C)CC(O)CNC(=O)C(=O)Nc1ccc(Br)cc1Cl. The topological polar surface area (TPSA) is 81.7 Å². The van der Waals surface area contributed by atoms with Crippen molar-refractivity contribution in [3.05, 3.63) is 27.7 Å². The molecular formula is C13H17BrClN3O3. The molecular weight excluding hydrogens is 362 g/mol. The standard InChI is InChI=1S/C13H17BrClN3O3/c1-18(2)7-9(19)6-16-12(20)13(21)17-11-4-3-8(14)5-10(11)15/h3-5,9,19H,6-7H2,1-2H3,(H,16,20)(H,17,21). The third kappa shape index (κ3) is 6.43. The van der Waals surface area contributed by atoms with Gasteiger partial charge in [-0.2, -0.15) is 0 Å². The summed E-state index contributed by atoms with van der Waals surface area (Å²) in [5, 5.41) is 14.7. The van der Waals surface area contributed by atoms with Gasteiger partial charge in [-0.25, -0.2) is 0 Å². The lowest BCUT2D eigenvalue weighted by Crippen LogP contribution is -2.42. The highest BCUT2D eigenvalue weighted by molar-refractivity contribution is 9.10. The van der Waals surface area contributed by atoms with Gasteiger partial charge in [-0.1, -0.05) is 27.5 Å². The molecule has 21 heavy (non-hydrogen) atoms. The minimum atomic E-state index is -0.837. The highest BCUT2D eigenvalue weighted by Crippen LogP contribution is 2.25. The molecule has 0 bridgehead atoms. The van der Waals surface area contributed by atoms with Gasteiger partial charge in [0.15, 0.2) is 0 Å². The second kappa shape index (κ2) is 8.33. The summed E-state index contributed by atoms with van der Waals surface area (Å²) in [6, 6.07) is 4.88. The lowest BCUT2D eigenvalue weighted by Gasteiger charge is -2.16. The normalized spacial score (nSPS) is 12.1. The summed E-state index contributed by atoms with van der Waals surface area (Å²) < 4.78 is 0.766. The second-order valence-electron chi connectivity index (χ2n) is 4.70. The molecule has 8 heteroatoms. The van der Waals surface area contributed by atoms with Crippen molar-refractivity contribution in [1.29, 1.82) is 0 Å². The number of amides is 2. The van der Waals surface area contributed by atoms with Crippen LogP contribution in [0.1, 0.15) is 0 Å². The summed E-state index contributed by atoms with van der Waals surface area (Å²) in [7, 11) is 3.60. The van der Waals surface area contributed by atoms with Gasteiger partial charge < -0.3 is 20.6 Å². The monoisotopic (exact) mass is 377 g/mol. The van der Waals surface area contributed by atoms with Crippen LogP contribution in [0.15, 0.2) is 22.7 Å². The van der Waals surface area contributed by atoms with Gasteiger partial charge in [-0.05, 0) is 32.3 Å². The van der Waals surface area contributed by atoms with E-state index in [1.807, 2.05) is 0 Å². The fraction of sp³-hybridized carbons (Fsp3) is 0.385. The van der Waals surface area contributed by atoms with E-state index in [-0.39, 0.29) is 6.54 Å². The van der Waals surface area contributed by atoms with Crippen LogP contribution in [0.3, 0.4) is 0 Å². The average molecular weight is 379 g/mol. The Morgan fingerprint density at radius 3 is 2.62 bits per heavy atom. The number of carbonyl (C=O) groups is 2. The van der Waals surface area contributed by atoms with Crippen molar-refractivity contribution in [3.63, 3.8) is 0 Å². The molecule has 0 aliphatic heterocycles. The van der Waals surface area contributed by atoms with Crippen molar-refractivity contribution in [1.82, 2.24) is 10.2 Å². The predicted octanol–water partition coefficient (Wildman–Crippen LogP) is 1.08. The van der Waals surface area contributed by atoms with Gasteiger partial charge in [0.1, 0.15) is 0 Å². The molecule has 0 heterocycles. The lowest BCUT2D eigenvalue weighted by atomic mass is 10.3. The van der Waals surface area contributed by atoms with Gasteiger partial charge >= 0.3 is 11.8 Å². The van der Waals surface area contributed by atoms with Gasteiger partial charge in [0, 0.05) is 17.6 Å². The van der Waals surface area contributed by atoms with Crippen LogP contribution >= 0.6 is 27.5 Å². The Hall–Kier alpha value is -1.15. The zero-order valence-electron chi connectivity index (χ0n) is 11.7. The summed E-state index contributed by atoms with van der Waals surface area (Å²) >= 11 is 9.18. The van der Waals surface area contributed by atoms with E-state index in [4.69, 9.17) is 11.6 Å². The first kappa shape index (κ1) is 17.9. The average Bonchev–Trinajstić information content (AvgIpc) is 2.38. The molecule has 0 radical (unpaired) electrons. The van der Waals surface area contributed by atoms with Gasteiger partial charge in [-0.3, -0.25) is 9.59 Å². The Kier molecular flexibility index (Phi) is 7.10. The van der Waals surface area contributed by atoms with Gasteiger partial charge in [0.2, 0.25) is 0 Å². The minimum absolute atomic E-state index is 0.00148. The van der Waals surface area contributed by atoms with Crippen LogP contribution in [0.25, 0.3) is 0 Å². The predicted molar refractivity (Wildman–Crippen MR) is 85.4 cm³/mol. The molecule has 0 aromatic heterocycles. The Balaban J connectivity index is 2.49. The van der Waals surface area contributed by atoms with Crippen molar-refractivity contribution in [2.24, 2.45) is 0 Å². The number of aliphatic hydroxyl groups is 1. The quantitative estimate of drug-likeness (QED) is 0.670. The summed E-state index contributed by atoms with van der Waals surface area (Å²) in [5.74, 6) is -1.66.